The average Bonchev–Trinajstić information content (AvgIpc) is 2.99. The Morgan fingerprint density at radius 3 is 2.46 bits per heavy atom. The van der Waals surface area contributed by atoms with Crippen LogP contribution in [0.4, 0.5) is 0 Å². The highest BCUT2D eigenvalue weighted by atomic mass is 16.5. The molecular formula is C22H25N3O3. The van der Waals surface area contributed by atoms with Gasteiger partial charge in [-0.3, -0.25) is 0 Å². The minimum absolute atomic E-state index is 0.245. The number of hydrogen-bond acceptors (Lipinski definition) is 3. The largest absolute Gasteiger partial charge is 0.376 e. The van der Waals surface area contributed by atoms with Crippen LogP contribution in [0, 0.1) is 0 Å². The lowest BCUT2D eigenvalue weighted by molar-refractivity contribution is 0.106. The number of para-hydroxylation sites is 1. The van der Waals surface area contributed by atoms with Crippen LogP contribution in [0.1, 0.15) is 42.1 Å². The number of aromatic nitrogens is 3. The van der Waals surface area contributed by atoms with Crippen LogP contribution in [-0.4, -0.2) is 21.4 Å². The van der Waals surface area contributed by atoms with Gasteiger partial charge in [0.05, 0.1) is 21.9 Å². The van der Waals surface area contributed by atoms with Crippen molar-refractivity contribution in [3.8, 4) is 5.69 Å². The number of H-pyrrole nitrogens is 1. The zero-order valence-corrected chi connectivity index (χ0v) is 15.8. The summed E-state index contributed by atoms with van der Waals surface area (Å²) in [6.45, 7) is 3.47. The van der Waals surface area contributed by atoms with Gasteiger partial charge in [-0.1, -0.05) is 60.2 Å². The molecule has 0 saturated carbocycles. The van der Waals surface area contributed by atoms with Crippen LogP contribution in [0.5, 0.6) is 0 Å². The van der Waals surface area contributed by atoms with Gasteiger partial charge in [-0.2, -0.15) is 0 Å². The molecule has 3 aromatic rings. The van der Waals surface area contributed by atoms with Crippen molar-refractivity contribution < 1.29 is 10.3 Å². The summed E-state index contributed by atoms with van der Waals surface area (Å²) in [5.74, 6) is 0. The summed E-state index contributed by atoms with van der Waals surface area (Å²) < 4.78 is 37.8. The maximum atomic E-state index is 13.0. The fraction of sp³-hybridized carbons (Fsp3) is 0.273. The van der Waals surface area contributed by atoms with Crippen molar-refractivity contribution in [1.82, 2.24) is 14.3 Å². The van der Waals surface area contributed by atoms with Crippen molar-refractivity contribution in [3.05, 3.63) is 98.8 Å². The van der Waals surface area contributed by atoms with Crippen LogP contribution >= 0.6 is 0 Å². The first kappa shape index (κ1) is 14.9. The topological polar surface area (TPSA) is 69.0 Å². The summed E-state index contributed by atoms with van der Waals surface area (Å²) in [4.78, 5) is 25.5. The molecule has 6 heteroatoms. The highest BCUT2D eigenvalue weighted by molar-refractivity contribution is 5.30. The van der Waals surface area contributed by atoms with E-state index in [1.54, 1.807) is 74.5 Å². The van der Waals surface area contributed by atoms with Crippen molar-refractivity contribution in [1.29, 1.82) is 0 Å². The smallest absolute Gasteiger partial charge is 0.352 e. The maximum absolute atomic E-state index is 13.0. The first-order valence-corrected chi connectivity index (χ1v) is 9.01. The van der Waals surface area contributed by atoms with Crippen LogP contribution in [0.3, 0.4) is 0 Å². The molecular weight excluding hydrogens is 354 g/mol. The zero-order valence-electron chi connectivity index (χ0n) is 19.8. The molecule has 2 aromatic carbocycles. The summed E-state index contributed by atoms with van der Waals surface area (Å²) in [5.41, 5.74) is 0.383. The molecule has 2 unspecified atom stereocenters. The van der Waals surface area contributed by atoms with Gasteiger partial charge in [0.15, 0.2) is 1.41 Å². The predicted molar refractivity (Wildman–Crippen MR) is 110 cm³/mol. The van der Waals surface area contributed by atoms with Crippen molar-refractivity contribution in [2.75, 3.05) is 7.04 Å². The number of nitrogens with zero attached hydrogens (tertiary/aromatic N) is 2. The lowest BCUT2D eigenvalue weighted by atomic mass is 10.0. The number of nitrogens with one attached hydrogen (secondary N) is 1. The second-order valence-corrected chi connectivity index (χ2v) is 6.56. The molecule has 0 aliphatic carbocycles. The van der Waals surface area contributed by atoms with E-state index >= 15 is 0 Å². The fourth-order valence-corrected chi connectivity index (χ4v) is 2.99. The van der Waals surface area contributed by atoms with E-state index in [1.165, 1.54) is 0 Å². The summed E-state index contributed by atoms with van der Waals surface area (Å²) in [6.07, 6.45) is 1.30. The molecule has 2 atom stereocenters. The third kappa shape index (κ3) is 4.07. The monoisotopic (exact) mass is 383 g/mol. The van der Waals surface area contributed by atoms with Crippen LogP contribution in [0.2, 0.25) is 1.41 Å². The molecule has 0 saturated heterocycles. The van der Waals surface area contributed by atoms with E-state index in [9.17, 15) is 9.59 Å². The molecule has 0 bridgehead atoms. The van der Waals surface area contributed by atoms with Gasteiger partial charge in [-0.15, -0.1) is 0 Å². The predicted octanol–water partition coefficient (Wildman–Crippen LogP) is 3.61. The van der Waals surface area contributed by atoms with Crippen molar-refractivity contribution in [3.63, 3.8) is 0 Å². The second-order valence-electron chi connectivity index (χ2n) is 6.56. The molecule has 0 spiro atoms. The molecule has 3 rings (SSSR count). The molecule has 0 fully saturated rings. The average molecular weight is 383 g/mol. The van der Waals surface area contributed by atoms with Crippen molar-refractivity contribution in [2.45, 2.75) is 32.4 Å². The number of hydrogen-bond donors (Lipinski definition) is 1. The third-order valence-corrected chi connectivity index (χ3v) is 4.78. The molecule has 6 nitrogen and oxygen atoms in total. The molecule has 0 radical (unpaired) electrons. The normalized spacial score (nSPS) is 16.6. The van der Waals surface area contributed by atoms with E-state index in [4.69, 9.17) is 10.3 Å². The Morgan fingerprint density at radius 1 is 1.18 bits per heavy atom. The van der Waals surface area contributed by atoms with Crippen LogP contribution in [0.15, 0.2) is 81.9 Å². The van der Waals surface area contributed by atoms with Gasteiger partial charge in [0.2, 0.25) is 0 Å². The highest BCUT2D eigenvalue weighted by Gasteiger charge is 2.17. The molecule has 1 aromatic heterocycles. The Morgan fingerprint density at radius 2 is 1.82 bits per heavy atom. The molecule has 146 valence electrons. The quantitative estimate of drug-likeness (QED) is 0.634. The van der Waals surface area contributed by atoms with Crippen LogP contribution in [-0.2, 0) is 4.74 Å². The van der Waals surface area contributed by atoms with Gasteiger partial charge in [-0.25, -0.2) is 23.9 Å². The van der Waals surface area contributed by atoms with Gasteiger partial charge in [0.25, 0.3) is 0 Å². The van der Waals surface area contributed by atoms with Crippen molar-refractivity contribution >= 4 is 0 Å². The molecule has 1 heterocycles. The molecule has 1 N–H and O–H groups in total. The maximum Gasteiger partial charge on any atom is 0.352 e. The minimum atomic E-state index is -2.57. The first-order valence-electron chi connectivity index (χ1n) is 11.0. The van der Waals surface area contributed by atoms with Gasteiger partial charge in [-0.05, 0) is 38.0 Å². The lowest BCUT2D eigenvalue weighted by Crippen LogP contribution is -2.28. The molecule has 28 heavy (non-hydrogen) atoms. The fourth-order valence-electron chi connectivity index (χ4n) is 2.99. The number of ether oxygens (including phenoxy) is 1. The van der Waals surface area contributed by atoms with E-state index in [2.05, 4.69) is 0 Å². The third-order valence-electron chi connectivity index (χ3n) is 4.78. The Labute approximate surface area is 169 Å². The summed E-state index contributed by atoms with van der Waals surface area (Å²) in [5, 5.41) is 0.547. The number of allylic oxidation sites excluding steroid dienone is 1. The Kier molecular flexibility index (Phi) is 4.63. The zero-order chi connectivity index (χ0) is 23.5. The lowest BCUT2D eigenvalue weighted by Gasteiger charge is -2.16. The van der Waals surface area contributed by atoms with Crippen molar-refractivity contribution in [2.24, 2.45) is 0 Å². The van der Waals surface area contributed by atoms with E-state index in [-0.39, 0.29) is 6.42 Å². The summed E-state index contributed by atoms with van der Waals surface area (Å²) in [6, 6.07) is 16.8. The minimum Gasteiger partial charge on any atom is -0.376 e. The number of benzene rings is 2. The highest BCUT2D eigenvalue weighted by Crippen LogP contribution is 2.23. The molecule has 0 aliphatic heterocycles. The van der Waals surface area contributed by atoms with Gasteiger partial charge in [0, 0.05) is 7.04 Å². The Balaban J connectivity index is 1.91. The summed E-state index contributed by atoms with van der Waals surface area (Å²) in [7, 11) is -2.57. The second kappa shape index (κ2) is 8.71. The number of methoxy groups -OCH3 is 1. The standard InChI is InChI=1S/C22H25N3O3/c1-16(14-15-20(28-3)18-10-6-4-7-11-18)17(2)25-22(27)24(21(26)23-25)19-12-8-5-9-13-19/h4-14,17,20H,15H2,1-3H3,(H,23,26)/b16-14+/i3D3/hD. The van der Waals surface area contributed by atoms with E-state index < -0.39 is 30.6 Å². The number of rotatable bonds is 7. The van der Waals surface area contributed by atoms with Gasteiger partial charge < -0.3 is 4.74 Å². The Bertz CT molecular complexity index is 1200. The van der Waals surface area contributed by atoms with E-state index in [0.717, 1.165) is 9.25 Å². The van der Waals surface area contributed by atoms with E-state index in [0.29, 0.717) is 21.9 Å². The Hall–Kier alpha value is -3.12. The first-order chi connectivity index (χ1) is 15.1. The van der Waals surface area contributed by atoms with E-state index in [1.807, 2.05) is 6.07 Å². The molecule has 0 amide bonds. The summed E-state index contributed by atoms with van der Waals surface area (Å²) >= 11 is 0. The number of aromatic amines is 1. The van der Waals surface area contributed by atoms with Crippen LogP contribution < -0.4 is 11.4 Å². The van der Waals surface area contributed by atoms with Gasteiger partial charge in [0.1, 0.15) is 0 Å². The van der Waals surface area contributed by atoms with Crippen LogP contribution in [0.25, 0.3) is 5.69 Å². The molecule has 0 aliphatic rings. The van der Waals surface area contributed by atoms with Gasteiger partial charge >= 0.3 is 11.4 Å². The SMILES string of the molecule is [2H]n1c(=O)n(-c2ccccc2)c(=O)n1C(C)/C(C)=C/CC(OC([2H])([2H])[2H])c1ccccc1.